The summed E-state index contributed by atoms with van der Waals surface area (Å²) in [5.41, 5.74) is -2.24. The summed E-state index contributed by atoms with van der Waals surface area (Å²) in [6.07, 6.45) is 0. The average Bonchev–Trinajstić information content (AvgIpc) is 2.35. The van der Waals surface area contributed by atoms with Crippen molar-refractivity contribution in [1.82, 2.24) is 0 Å². The van der Waals surface area contributed by atoms with Crippen molar-refractivity contribution in [2.24, 2.45) is 20.7 Å². The minimum atomic E-state index is -2.24. The molecule has 0 saturated heterocycles. The minimum absolute atomic E-state index is 0. The number of aliphatic carboxylic acids is 1. The van der Waals surface area contributed by atoms with E-state index < -0.39 is 11.6 Å². The molecule has 0 aliphatic carbocycles. The quantitative estimate of drug-likeness (QED) is 0.481. The van der Waals surface area contributed by atoms with Crippen LogP contribution in [0.3, 0.4) is 0 Å². The molecule has 0 bridgehead atoms. The third-order valence-corrected chi connectivity index (χ3v) is 0.859. The summed E-state index contributed by atoms with van der Waals surface area (Å²) >= 11 is 0. The molecular formula is C3CsN5O2. The molecule has 50 valence electrons. The van der Waals surface area contributed by atoms with E-state index in [2.05, 4.69) is 20.7 Å². The minimum Gasteiger partial charge on any atom is -0.544 e. The van der Waals surface area contributed by atoms with Gasteiger partial charge in [0.25, 0.3) is 0 Å². The predicted octanol–water partition coefficient (Wildman–Crippen LogP) is -4.21. The Morgan fingerprint density at radius 2 is 1.91 bits per heavy atom. The van der Waals surface area contributed by atoms with Gasteiger partial charge in [-0.2, -0.15) is 5.26 Å². The summed E-state index contributed by atoms with van der Waals surface area (Å²) in [6.45, 7) is 0. The van der Waals surface area contributed by atoms with E-state index in [1.165, 1.54) is 6.07 Å². The number of nitriles is 1. The molecule has 1 rings (SSSR count). The van der Waals surface area contributed by atoms with E-state index in [1.54, 1.807) is 0 Å². The number of carboxylic acids is 1. The Morgan fingerprint density at radius 1 is 1.45 bits per heavy atom. The molecule has 0 aromatic rings. The smallest absolute Gasteiger partial charge is 0.544 e. The Kier molecular flexibility index (Phi) is 4.37. The van der Waals surface area contributed by atoms with Gasteiger partial charge in [-0.3, -0.25) is 0 Å². The molecule has 7 nitrogen and oxygen atoms in total. The Balaban J connectivity index is 0.000001000. The average molecular weight is 271 g/mol. The van der Waals surface area contributed by atoms with Crippen molar-refractivity contribution >= 4 is 5.97 Å². The van der Waals surface area contributed by atoms with Gasteiger partial charge in [0.05, 0.1) is 0 Å². The summed E-state index contributed by atoms with van der Waals surface area (Å²) in [6, 6.07) is 1.29. The predicted molar refractivity (Wildman–Crippen MR) is 23.1 cm³/mol. The first-order valence-electron chi connectivity index (χ1n) is 2.18. The van der Waals surface area contributed by atoms with Crippen molar-refractivity contribution in [3.05, 3.63) is 0 Å². The third kappa shape index (κ3) is 2.08. The van der Waals surface area contributed by atoms with Gasteiger partial charge in [-0.15, -0.1) is 10.2 Å². The van der Waals surface area contributed by atoms with Crippen LogP contribution >= 0.6 is 0 Å². The summed E-state index contributed by atoms with van der Waals surface area (Å²) in [4.78, 5) is 10.1. The Morgan fingerprint density at radius 3 is 2.09 bits per heavy atom. The molecule has 0 amide bonds. The molecule has 0 radical (unpaired) electrons. The van der Waals surface area contributed by atoms with Crippen molar-refractivity contribution in [2.45, 2.75) is 5.66 Å². The molecule has 0 unspecified atom stereocenters. The van der Waals surface area contributed by atoms with Crippen LogP contribution in [0.1, 0.15) is 0 Å². The fraction of sp³-hybridized carbons (Fsp3) is 0.333. The Hall–Kier alpha value is 0.212. The molecule has 1 aliphatic rings. The van der Waals surface area contributed by atoms with Crippen LogP contribution in [0.2, 0.25) is 0 Å². The second-order valence-corrected chi connectivity index (χ2v) is 1.45. The van der Waals surface area contributed by atoms with Gasteiger partial charge in [-0.05, 0) is 10.4 Å². The van der Waals surface area contributed by atoms with E-state index in [0.717, 1.165) is 0 Å². The zero-order valence-corrected chi connectivity index (χ0v) is 11.8. The first-order chi connectivity index (χ1) is 4.71. The first-order valence-corrected chi connectivity index (χ1v) is 2.18. The van der Waals surface area contributed by atoms with E-state index in [1.807, 2.05) is 0 Å². The van der Waals surface area contributed by atoms with Crippen LogP contribution in [-0.2, 0) is 4.79 Å². The maximum Gasteiger partial charge on any atom is 1.00 e. The molecular weight excluding hydrogens is 271 g/mol. The van der Waals surface area contributed by atoms with Gasteiger partial charge < -0.3 is 9.90 Å². The van der Waals surface area contributed by atoms with E-state index in [0.29, 0.717) is 0 Å². The molecule has 1 aliphatic heterocycles. The first kappa shape index (κ1) is 11.2. The summed E-state index contributed by atoms with van der Waals surface area (Å²) in [5, 5.41) is 30.0. The van der Waals surface area contributed by atoms with Crippen molar-refractivity contribution in [2.75, 3.05) is 0 Å². The second-order valence-electron chi connectivity index (χ2n) is 1.45. The molecule has 1 heterocycles. The number of hydrogen-bond acceptors (Lipinski definition) is 7. The van der Waals surface area contributed by atoms with Crippen molar-refractivity contribution < 1.29 is 78.8 Å². The van der Waals surface area contributed by atoms with Crippen molar-refractivity contribution in [1.29, 1.82) is 5.26 Å². The molecule has 8 heteroatoms. The maximum absolute atomic E-state index is 10.1. The van der Waals surface area contributed by atoms with Crippen LogP contribution in [0.4, 0.5) is 0 Å². The third-order valence-electron chi connectivity index (χ3n) is 0.859. The molecule has 0 spiro atoms. The summed E-state index contributed by atoms with van der Waals surface area (Å²) in [7, 11) is 0. The molecule has 0 N–H and O–H groups in total. The van der Waals surface area contributed by atoms with Gasteiger partial charge in [0.15, 0.2) is 0 Å². The van der Waals surface area contributed by atoms with Crippen molar-refractivity contribution in [3.8, 4) is 6.07 Å². The summed E-state index contributed by atoms with van der Waals surface area (Å²) in [5.74, 6) is -1.72. The fourth-order valence-electron chi connectivity index (χ4n) is 0.361. The van der Waals surface area contributed by atoms with Crippen LogP contribution < -0.4 is 74.0 Å². The van der Waals surface area contributed by atoms with Gasteiger partial charge in [-0.1, -0.05) is 0 Å². The van der Waals surface area contributed by atoms with Crippen LogP contribution in [0.25, 0.3) is 0 Å². The van der Waals surface area contributed by atoms with Crippen LogP contribution in [0, 0.1) is 11.3 Å². The standard InChI is InChI=1S/C3HN5O2.Cs/c4-1-3(2(9)10)5-7-8-6-3;/h(H,9,10);/q;+1/p-1. The van der Waals surface area contributed by atoms with Crippen LogP contribution in [0.5, 0.6) is 0 Å². The van der Waals surface area contributed by atoms with Crippen LogP contribution in [-0.4, -0.2) is 11.6 Å². The zero-order chi connectivity index (χ0) is 7.61. The number of carboxylic acid groups (broad SMARTS) is 1. The number of hydrogen-bond donors (Lipinski definition) is 0. The topological polar surface area (TPSA) is 113 Å². The number of rotatable bonds is 1. The molecule has 0 aromatic heterocycles. The van der Waals surface area contributed by atoms with Gasteiger partial charge >= 0.3 is 74.6 Å². The van der Waals surface area contributed by atoms with Gasteiger partial charge in [0, 0.05) is 0 Å². The summed E-state index contributed by atoms with van der Waals surface area (Å²) < 4.78 is 0. The van der Waals surface area contributed by atoms with E-state index in [4.69, 9.17) is 5.26 Å². The maximum atomic E-state index is 10.1. The number of carbonyl (C=O) groups excluding carboxylic acids is 1. The molecule has 0 fully saturated rings. The molecule has 11 heavy (non-hydrogen) atoms. The van der Waals surface area contributed by atoms with Crippen LogP contribution in [0.15, 0.2) is 20.7 Å². The van der Waals surface area contributed by atoms with Gasteiger partial charge in [0.1, 0.15) is 12.0 Å². The monoisotopic (exact) mass is 271 g/mol. The SMILES string of the molecule is N#CC1(C(=O)[O-])N=NN=N1.[Cs+]. The Labute approximate surface area is 120 Å². The molecule has 0 aromatic carbocycles. The van der Waals surface area contributed by atoms with Crippen molar-refractivity contribution in [3.63, 3.8) is 0 Å². The second kappa shape index (κ2) is 4.29. The largest absolute Gasteiger partial charge is 1.00 e. The van der Waals surface area contributed by atoms with E-state index in [-0.39, 0.29) is 68.9 Å². The fourth-order valence-corrected chi connectivity index (χ4v) is 0.361. The van der Waals surface area contributed by atoms with E-state index in [9.17, 15) is 9.90 Å². The number of nitrogens with zero attached hydrogens (tertiary/aromatic N) is 5. The number of carbonyl (C=O) groups is 1. The van der Waals surface area contributed by atoms with Gasteiger partial charge in [-0.25, -0.2) is 0 Å². The normalized spacial score (nSPS) is 17.0. The Bertz CT molecular complexity index is 253. The molecule has 0 saturated carbocycles. The van der Waals surface area contributed by atoms with E-state index >= 15 is 0 Å². The molecule has 0 atom stereocenters. The zero-order valence-electron chi connectivity index (χ0n) is 5.55. The van der Waals surface area contributed by atoms with Gasteiger partial charge in [0.2, 0.25) is 0 Å².